The Kier molecular flexibility index (Phi) is 12.9. The monoisotopic (exact) mass is 796 g/mol. The molecule has 2 aromatic heterocycles. The molecular weight excluding hydrogens is 741 g/mol. The Morgan fingerprint density at radius 2 is 1.02 bits per heavy atom. The molecule has 0 saturated carbocycles. The Morgan fingerprint density at radius 3 is 1.34 bits per heavy atom. The minimum Gasteiger partial charge on any atom is -0.479 e. The van der Waals surface area contributed by atoms with E-state index < -0.39 is 24.1 Å². The molecule has 2 aliphatic carbocycles. The minimum absolute atomic E-state index is 0.0445. The molecule has 2 amide bonds. The quantitative estimate of drug-likeness (QED) is 0.146. The van der Waals surface area contributed by atoms with Gasteiger partial charge in [-0.15, -0.1) is 0 Å². The summed E-state index contributed by atoms with van der Waals surface area (Å²) in [5.41, 5.74) is 10.4. The number of H-pyrrole nitrogens is 2. The number of hydrogen-bond donors (Lipinski definition) is 6. The highest BCUT2D eigenvalue weighted by Crippen LogP contribution is 2.42. The third kappa shape index (κ3) is 8.06. The van der Waals surface area contributed by atoms with Crippen LogP contribution in [0.4, 0.5) is 0 Å². The zero-order valence-corrected chi connectivity index (χ0v) is 34.1. The number of nitrogens with zero attached hydrogens (tertiary/aromatic N) is 4. The number of rotatable bonds is 9. The van der Waals surface area contributed by atoms with Gasteiger partial charge < -0.3 is 40.2 Å². The van der Waals surface area contributed by atoms with E-state index in [2.05, 4.69) is 123 Å². The van der Waals surface area contributed by atoms with Gasteiger partial charge >= 0.3 is 11.9 Å². The predicted octanol–water partition coefficient (Wildman–Crippen LogP) is 3.69. The Morgan fingerprint density at radius 1 is 0.655 bits per heavy atom. The Labute approximate surface area is 338 Å². The lowest BCUT2D eigenvalue weighted by atomic mass is 9.79. The third-order valence-electron chi connectivity index (χ3n) is 12.1. The highest BCUT2D eigenvalue weighted by molar-refractivity contribution is 6.00. The summed E-state index contributed by atoms with van der Waals surface area (Å²) >= 11 is 0. The van der Waals surface area contributed by atoms with Crippen LogP contribution in [0.15, 0.2) is 60.9 Å². The molecule has 6 N–H and O–H groups in total. The van der Waals surface area contributed by atoms with Gasteiger partial charge in [-0.3, -0.25) is 19.4 Å². The summed E-state index contributed by atoms with van der Waals surface area (Å²) < 4.78 is 0. The van der Waals surface area contributed by atoms with Crippen molar-refractivity contribution in [3.05, 3.63) is 83.2 Å². The largest absolute Gasteiger partial charge is 0.479 e. The topological polar surface area (TPSA) is 194 Å². The van der Waals surface area contributed by atoms with Crippen LogP contribution >= 0.6 is 0 Å². The van der Waals surface area contributed by atoms with Crippen molar-refractivity contribution < 1.29 is 39.6 Å². The minimum atomic E-state index is -2.27. The van der Waals surface area contributed by atoms with E-state index in [4.69, 9.17) is 20.4 Å². The molecule has 0 fully saturated rings. The summed E-state index contributed by atoms with van der Waals surface area (Å²) in [5, 5.41) is 35.2. The number of aliphatic carboxylic acids is 2. The molecule has 14 heteroatoms. The van der Waals surface area contributed by atoms with Crippen LogP contribution in [0.2, 0.25) is 0 Å². The number of amides is 2. The van der Waals surface area contributed by atoms with Crippen molar-refractivity contribution in [3.8, 4) is 0 Å². The molecular formula is C44H56N6O8. The number of benzene rings is 2. The predicted molar refractivity (Wildman–Crippen MR) is 223 cm³/mol. The molecule has 0 saturated heterocycles. The third-order valence-corrected chi connectivity index (χ3v) is 12.1. The summed E-state index contributed by atoms with van der Waals surface area (Å²) in [7, 11) is 4.30. The molecule has 4 heterocycles. The summed E-state index contributed by atoms with van der Waals surface area (Å²) in [6, 6.07) is 13.6. The van der Waals surface area contributed by atoms with E-state index in [1.807, 2.05) is 9.80 Å². The lowest BCUT2D eigenvalue weighted by Gasteiger charge is -2.40. The molecule has 2 unspecified atom stereocenters. The fourth-order valence-corrected chi connectivity index (χ4v) is 9.02. The molecule has 0 bridgehead atoms. The molecule has 310 valence electrons. The maximum atomic E-state index is 12.9. The number of carboxylic acids is 2. The van der Waals surface area contributed by atoms with Gasteiger partial charge in [-0.1, -0.05) is 36.4 Å². The van der Waals surface area contributed by atoms with Crippen molar-refractivity contribution in [1.29, 1.82) is 0 Å². The van der Waals surface area contributed by atoms with E-state index in [0.29, 0.717) is 12.1 Å². The number of carboxylic acid groups (broad SMARTS) is 2. The second-order valence-corrected chi connectivity index (χ2v) is 15.4. The number of carbonyl (C=O) groups excluding carboxylic acids is 2. The van der Waals surface area contributed by atoms with Gasteiger partial charge in [0.05, 0.1) is 11.8 Å². The van der Waals surface area contributed by atoms with Crippen LogP contribution in [0.1, 0.15) is 49.9 Å². The van der Waals surface area contributed by atoms with Gasteiger partial charge in [0.15, 0.2) is 12.2 Å². The second-order valence-electron chi connectivity index (χ2n) is 15.4. The molecule has 4 aliphatic rings. The lowest BCUT2D eigenvalue weighted by Crippen LogP contribution is -2.47. The molecule has 58 heavy (non-hydrogen) atoms. The molecule has 0 spiro atoms. The van der Waals surface area contributed by atoms with Crippen molar-refractivity contribution in [1.82, 2.24) is 29.6 Å². The van der Waals surface area contributed by atoms with Crippen LogP contribution < -0.4 is 0 Å². The van der Waals surface area contributed by atoms with Gasteiger partial charge in [0, 0.05) is 85.6 Å². The fraction of sp³-hybridized carbons (Fsp3) is 0.455. The van der Waals surface area contributed by atoms with Crippen molar-refractivity contribution in [2.45, 2.75) is 64.8 Å². The number of fused-ring (bicyclic) bond motifs is 4. The standard InChI is InChI=1S/2C20H25N3O.C4H6O6/c2*1-4-23(5-2)20(24)14-9-16-15-7-6-8-17-19(15)13(11-21-17)10-18(16)22(3)12-14;5-1(3(7)8)2(6)4(9)10/h2*6-9,11,14,18,21H,4-5,10,12H2,1-3H3;1-2,5-6H,(H,7,8)(H,9,10)/t2*14-,18-;/m11./s1. The SMILES string of the molecule is CCN(CC)C(=O)[C@@H]1C=C2c3cccc4[nH]cc(c34)C[C@H]2N(C)C1.CCN(CC)C(=O)[C@@H]1C=C2c3cccc4[nH]cc(c34)C[C@H]2N(C)C1.O=C(O)C(O)C(O)C(=O)O. The van der Waals surface area contributed by atoms with Crippen LogP contribution in [0.5, 0.6) is 0 Å². The van der Waals surface area contributed by atoms with Crippen molar-refractivity contribution in [3.63, 3.8) is 0 Å². The highest BCUT2D eigenvalue weighted by Gasteiger charge is 2.38. The van der Waals surface area contributed by atoms with Gasteiger partial charge in [-0.25, -0.2) is 9.59 Å². The molecule has 14 nitrogen and oxygen atoms in total. The zero-order valence-electron chi connectivity index (χ0n) is 34.1. The average molecular weight is 797 g/mol. The number of likely N-dealkylation sites (N-methyl/N-ethyl adjacent to an activating group) is 2. The van der Waals surface area contributed by atoms with Crippen LogP contribution in [0.3, 0.4) is 0 Å². The van der Waals surface area contributed by atoms with E-state index in [1.165, 1.54) is 55.2 Å². The van der Waals surface area contributed by atoms with Gasteiger partial charge in [-0.05, 0) is 100 Å². The number of aliphatic hydroxyl groups excluding tert-OH is 2. The molecule has 8 rings (SSSR count). The molecule has 6 atom stereocenters. The van der Waals surface area contributed by atoms with Crippen LogP contribution in [-0.2, 0) is 32.0 Å². The zero-order chi connectivity index (χ0) is 42.0. The highest BCUT2D eigenvalue weighted by atomic mass is 16.4. The first kappa shape index (κ1) is 42.3. The summed E-state index contributed by atoms with van der Waals surface area (Å²) in [6.45, 7) is 12.9. The first-order chi connectivity index (χ1) is 27.7. The number of aromatic amines is 2. The van der Waals surface area contributed by atoms with E-state index in [1.54, 1.807) is 0 Å². The normalized spacial score (nSPS) is 21.8. The van der Waals surface area contributed by atoms with Crippen LogP contribution in [0.25, 0.3) is 33.0 Å². The van der Waals surface area contributed by atoms with E-state index in [9.17, 15) is 19.2 Å². The molecule has 0 radical (unpaired) electrons. The number of nitrogens with one attached hydrogen (secondary N) is 2. The van der Waals surface area contributed by atoms with E-state index in [0.717, 1.165) is 52.1 Å². The molecule has 2 aliphatic heterocycles. The van der Waals surface area contributed by atoms with Gasteiger partial charge in [0.25, 0.3) is 0 Å². The van der Waals surface area contributed by atoms with Crippen LogP contribution in [0, 0.1) is 11.8 Å². The Bertz CT molecular complexity index is 2080. The smallest absolute Gasteiger partial charge is 0.335 e. The van der Waals surface area contributed by atoms with Gasteiger partial charge in [-0.2, -0.15) is 0 Å². The van der Waals surface area contributed by atoms with Crippen molar-refractivity contribution >= 4 is 56.7 Å². The van der Waals surface area contributed by atoms with E-state index in [-0.39, 0.29) is 23.7 Å². The van der Waals surface area contributed by atoms with Gasteiger partial charge in [0.2, 0.25) is 11.8 Å². The number of aliphatic hydroxyl groups is 2. The number of aromatic nitrogens is 2. The van der Waals surface area contributed by atoms with E-state index >= 15 is 0 Å². The summed E-state index contributed by atoms with van der Waals surface area (Å²) in [4.78, 5) is 60.7. The Hall–Kier alpha value is -5.28. The van der Waals surface area contributed by atoms with Crippen LogP contribution in [-0.4, -0.2) is 151 Å². The second kappa shape index (κ2) is 17.7. The summed E-state index contributed by atoms with van der Waals surface area (Å²) in [5.74, 6) is -3.12. The van der Waals surface area contributed by atoms with Crippen molar-refractivity contribution in [2.24, 2.45) is 11.8 Å². The fourth-order valence-electron chi connectivity index (χ4n) is 9.02. The average Bonchev–Trinajstić information content (AvgIpc) is 3.84. The first-order valence-electron chi connectivity index (χ1n) is 20.2. The lowest BCUT2D eigenvalue weighted by molar-refractivity contribution is -0.165. The van der Waals surface area contributed by atoms with Crippen molar-refractivity contribution in [2.75, 3.05) is 53.4 Å². The maximum Gasteiger partial charge on any atom is 0.335 e. The number of hydrogen-bond acceptors (Lipinski definition) is 8. The maximum absolute atomic E-state index is 12.9. The Balaban J connectivity index is 0.000000160. The van der Waals surface area contributed by atoms with Gasteiger partial charge in [0.1, 0.15) is 0 Å². The molecule has 4 aromatic rings. The first-order valence-corrected chi connectivity index (χ1v) is 20.2. The number of carbonyl (C=O) groups is 4. The summed E-state index contributed by atoms with van der Waals surface area (Å²) in [6.07, 6.45) is 6.29. The molecule has 2 aromatic carbocycles.